The summed E-state index contributed by atoms with van der Waals surface area (Å²) in [7, 11) is -1.99. The summed E-state index contributed by atoms with van der Waals surface area (Å²) >= 11 is 4.28. The Balaban J connectivity index is 2.44. The first-order valence-electron chi connectivity index (χ1n) is 4.54. The van der Waals surface area contributed by atoms with Crippen molar-refractivity contribution in [1.82, 2.24) is 4.98 Å². The number of aromatic nitrogens is 1. The van der Waals surface area contributed by atoms with Crippen LogP contribution in [0.25, 0.3) is 0 Å². The van der Waals surface area contributed by atoms with E-state index in [1.165, 1.54) is 25.4 Å². The summed E-state index contributed by atoms with van der Waals surface area (Å²) in [6.45, 7) is 0. The zero-order valence-electron chi connectivity index (χ0n) is 8.75. The first-order chi connectivity index (χ1) is 8.04. The minimum Gasteiger partial charge on any atom is -0.497 e. The third-order valence-corrected chi connectivity index (χ3v) is 5.69. The van der Waals surface area contributed by atoms with E-state index in [1.54, 1.807) is 12.1 Å². The van der Waals surface area contributed by atoms with E-state index in [1.807, 2.05) is 0 Å². The Bertz CT molecular complexity index is 619. The van der Waals surface area contributed by atoms with Crippen LogP contribution in [0.15, 0.2) is 43.5 Å². The molecule has 0 radical (unpaired) electrons. The Morgan fingerprint density at radius 2 is 1.94 bits per heavy atom. The van der Waals surface area contributed by atoms with E-state index in [9.17, 15) is 8.42 Å². The summed E-state index contributed by atoms with van der Waals surface area (Å²) in [5.41, 5.74) is 0. The van der Waals surface area contributed by atoms with E-state index in [0.29, 0.717) is 9.54 Å². The van der Waals surface area contributed by atoms with Crippen molar-refractivity contribution in [3.8, 4) is 5.75 Å². The second kappa shape index (κ2) is 4.75. The lowest BCUT2D eigenvalue weighted by Crippen LogP contribution is -2.01. The van der Waals surface area contributed by atoms with Crippen molar-refractivity contribution in [2.75, 3.05) is 7.11 Å². The van der Waals surface area contributed by atoms with Gasteiger partial charge in [-0.1, -0.05) is 11.3 Å². The van der Waals surface area contributed by atoms with Gasteiger partial charge in [0.2, 0.25) is 14.2 Å². The maximum absolute atomic E-state index is 12.1. The Morgan fingerprint density at radius 3 is 2.41 bits per heavy atom. The molecule has 2 aromatic rings. The maximum Gasteiger partial charge on any atom is 0.233 e. The van der Waals surface area contributed by atoms with Crippen molar-refractivity contribution in [3.05, 3.63) is 34.2 Å². The molecule has 7 heteroatoms. The van der Waals surface area contributed by atoms with Crippen LogP contribution >= 0.6 is 27.3 Å². The average molecular weight is 334 g/mol. The fourth-order valence-corrected chi connectivity index (χ4v) is 4.37. The fraction of sp³-hybridized carbons (Fsp3) is 0.100. The molecular weight excluding hydrogens is 326 g/mol. The third kappa shape index (κ3) is 2.51. The van der Waals surface area contributed by atoms with Gasteiger partial charge in [0.1, 0.15) is 5.75 Å². The fourth-order valence-electron chi connectivity index (χ4n) is 1.22. The number of thiazole rings is 1. The molecule has 0 aliphatic rings. The molecule has 2 rings (SSSR count). The van der Waals surface area contributed by atoms with E-state index < -0.39 is 9.84 Å². The largest absolute Gasteiger partial charge is 0.497 e. The SMILES string of the molecule is COc1ccc(S(=O)(=O)c2ncc(Br)s2)cc1. The molecule has 0 saturated carbocycles. The molecule has 0 unspecified atom stereocenters. The number of rotatable bonds is 3. The molecule has 0 fully saturated rings. The Labute approximate surface area is 111 Å². The number of nitrogens with zero attached hydrogens (tertiary/aromatic N) is 1. The Kier molecular flexibility index (Phi) is 3.50. The zero-order valence-corrected chi connectivity index (χ0v) is 12.0. The van der Waals surface area contributed by atoms with Gasteiger partial charge in [0.15, 0.2) is 0 Å². The highest BCUT2D eigenvalue weighted by Crippen LogP contribution is 2.28. The smallest absolute Gasteiger partial charge is 0.233 e. The highest BCUT2D eigenvalue weighted by molar-refractivity contribution is 9.11. The van der Waals surface area contributed by atoms with Crippen molar-refractivity contribution in [2.45, 2.75) is 9.24 Å². The van der Waals surface area contributed by atoms with Crippen LogP contribution in [0.4, 0.5) is 0 Å². The summed E-state index contributed by atoms with van der Waals surface area (Å²) in [6, 6.07) is 6.22. The van der Waals surface area contributed by atoms with Crippen molar-refractivity contribution in [3.63, 3.8) is 0 Å². The number of hydrogen-bond donors (Lipinski definition) is 0. The summed E-state index contributed by atoms with van der Waals surface area (Å²) in [6.07, 6.45) is 1.47. The second-order valence-corrected chi connectivity index (χ2v) is 7.64. The van der Waals surface area contributed by atoms with Crippen molar-refractivity contribution >= 4 is 37.1 Å². The molecule has 0 aliphatic carbocycles. The molecule has 90 valence electrons. The molecular formula is C10H8BrNO3S2. The number of sulfone groups is 1. The number of hydrogen-bond acceptors (Lipinski definition) is 5. The molecule has 4 nitrogen and oxygen atoms in total. The summed E-state index contributed by atoms with van der Waals surface area (Å²) in [5, 5.41) is 0. The molecule has 0 saturated heterocycles. The first-order valence-corrected chi connectivity index (χ1v) is 7.64. The molecule has 0 N–H and O–H groups in total. The molecule has 17 heavy (non-hydrogen) atoms. The van der Waals surface area contributed by atoms with Crippen LogP contribution in [0, 0.1) is 0 Å². The van der Waals surface area contributed by atoms with Crippen LogP contribution < -0.4 is 4.74 Å². The van der Waals surface area contributed by atoms with Crippen LogP contribution in [-0.4, -0.2) is 20.5 Å². The third-order valence-electron chi connectivity index (χ3n) is 2.06. The van der Waals surface area contributed by atoms with E-state index in [0.717, 1.165) is 11.3 Å². The molecule has 1 heterocycles. The van der Waals surface area contributed by atoms with Gasteiger partial charge in [-0.25, -0.2) is 13.4 Å². The van der Waals surface area contributed by atoms with Gasteiger partial charge >= 0.3 is 0 Å². The van der Waals surface area contributed by atoms with E-state index in [2.05, 4.69) is 20.9 Å². The van der Waals surface area contributed by atoms with Gasteiger partial charge in [0, 0.05) is 0 Å². The van der Waals surface area contributed by atoms with Crippen LogP contribution in [0.1, 0.15) is 0 Å². The van der Waals surface area contributed by atoms with Crippen LogP contribution in [-0.2, 0) is 9.84 Å². The maximum atomic E-state index is 12.1. The highest BCUT2D eigenvalue weighted by atomic mass is 79.9. The number of ether oxygens (including phenoxy) is 1. The molecule has 1 aromatic carbocycles. The van der Waals surface area contributed by atoms with Gasteiger partial charge in [0.05, 0.1) is 22.0 Å². The lowest BCUT2D eigenvalue weighted by atomic mass is 10.3. The van der Waals surface area contributed by atoms with Gasteiger partial charge in [-0.15, -0.1) is 0 Å². The minimum atomic E-state index is -3.52. The molecule has 1 aromatic heterocycles. The van der Waals surface area contributed by atoms with Gasteiger partial charge in [0.25, 0.3) is 0 Å². The van der Waals surface area contributed by atoms with Crippen LogP contribution in [0.2, 0.25) is 0 Å². The average Bonchev–Trinajstić information content (AvgIpc) is 2.77. The van der Waals surface area contributed by atoms with Crippen LogP contribution in [0.5, 0.6) is 5.75 Å². The number of halogens is 1. The molecule has 0 bridgehead atoms. The first kappa shape index (κ1) is 12.5. The highest BCUT2D eigenvalue weighted by Gasteiger charge is 2.21. The lowest BCUT2D eigenvalue weighted by molar-refractivity contribution is 0.414. The van der Waals surface area contributed by atoms with E-state index in [4.69, 9.17) is 4.74 Å². The van der Waals surface area contributed by atoms with Gasteiger partial charge < -0.3 is 4.74 Å². The predicted molar refractivity (Wildman–Crippen MR) is 68.3 cm³/mol. The van der Waals surface area contributed by atoms with Gasteiger partial charge in [-0.2, -0.15) is 0 Å². The minimum absolute atomic E-state index is 0.0783. The topological polar surface area (TPSA) is 56.3 Å². The Morgan fingerprint density at radius 1 is 1.29 bits per heavy atom. The number of methoxy groups -OCH3 is 1. The van der Waals surface area contributed by atoms with Crippen molar-refractivity contribution < 1.29 is 13.2 Å². The van der Waals surface area contributed by atoms with E-state index in [-0.39, 0.29) is 9.24 Å². The van der Waals surface area contributed by atoms with Gasteiger partial charge in [-0.3, -0.25) is 0 Å². The lowest BCUT2D eigenvalue weighted by Gasteiger charge is -2.02. The Hall–Kier alpha value is -0.920. The molecule has 0 aliphatic heterocycles. The normalized spacial score (nSPS) is 11.4. The van der Waals surface area contributed by atoms with Crippen LogP contribution in [0.3, 0.4) is 0 Å². The standard InChI is InChI=1S/C10H8BrNO3S2/c1-15-7-2-4-8(5-3-7)17(13,14)10-12-6-9(11)16-10/h2-6H,1H3. The predicted octanol–water partition coefficient (Wildman–Crippen LogP) is 2.75. The summed E-state index contributed by atoms with van der Waals surface area (Å²) in [4.78, 5) is 4.07. The summed E-state index contributed by atoms with van der Waals surface area (Å²) < 4.78 is 30.0. The molecule has 0 spiro atoms. The van der Waals surface area contributed by atoms with E-state index >= 15 is 0 Å². The quantitative estimate of drug-likeness (QED) is 0.866. The molecule has 0 atom stereocenters. The number of benzene rings is 1. The monoisotopic (exact) mass is 333 g/mol. The summed E-state index contributed by atoms with van der Waals surface area (Å²) in [5.74, 6) is 0.615. The van der Waals surface area contributed by atoms with Crippen molar-refractivity contribution in [2.24, 2.45) is 0 Å². The van der Waals surface area contributed by atoms with Crippen molar-refractivity contribution in [1.29, 1.82) is 0 Å². The second-order valence-electron chi connectivity index (χ2n) is 3.11. The molecule has 0 amide bonds. The zero-order chi connectivity index (χ0) is 12.5. The van der Waals surface area contributed by atoms with Gasteiger partial charge in [-0.05, 0) is 40.2 Å².